The minimum absolute atomic E-state index is 0.0640. The van der Waals surface area contributed by atoms with Crippen molar-refractivity contribution in [1.82, 2.24) is 5.32 Å². The normalized spacial score (nSPS) is 29.2. The van der Waals surface area contributed by atoms with Gasteiger partial charge in [-0.05, 0) is 42.7 Å². The third-order valence-corrected chi connectivity index (χ3v) is 4.43. The predicted octanol–water partition coefficient (Wildman–Crippen LogP) is 2.21. The summed E-state index contributed by atoms with van der Waals surface area (Å²) in [6.07, 6.45) is 3.18. The summed E-state index contributed by atoms with van der Waals surface area (Å²) in [5, 5.41) is 12.3. The minimum atomic E-state index is -0.756. The van der Waals surface area contributed by atoms with Crippen LogP contribution in [0.2, 0.25) is 0 Å². The van der Waals surface area contributed by atoms with E-state index < -0.39 is 5.41 Å². The molecule has 3 rings (SSSR count). The van der Waals surface area contributed by atoms with Crippen molar-refractivity contribution < 1.29 is 4.79 Å². The highest BCUT2D eigenvalue weighted by molar-refractivity contribution is 5.86. The summed E-state index contributed by atoms with van der Waals surface area (Å²) in [7, 11) is 0. The molecule has 1 N–H and O–H groups in total. The molecule has 0 spiro atoms. The number of carbonyl (C=O) groups is 1. The van der Waals surface area contributed by atoms with Gasteiger partial charge in [0.05, 0.1) is 6.07 Å². The number of nitriles is 1. The van der Waals surface area contributed by atoms with Crippen LogP contribution in [0, 0.1) is 22.7 Å². The summed E-state index contributed by atoms with van der Waals surface area (Å²) in [4.78, 5) is 12.3. The third kappa shape index (κ3) is 2.02. The predicted molar refractivity (Wildman–Crippen MR) is 72.2 cm³/mol. The molecule has 19 heavy (non-hydrogen) atoms. The number of hydrogen-bond donors (Lipinski definition) is 1. The number of rotatable bonds is 2. The zero-order valence-electron chi connectivity index (χ0n) is 11.1. The quantitative estimate of drug-likeness (QED) is 0.879. The number of amides is 1. The lowest BCUT2D eigenvalue weighted by Crippen LogP contribution is -2.51. The fourth-order valence-electron chi connectivity index (χ4n) is 3.44. The Morgan fingerprint density at radius 3 is 2.37 bits per heavy atom. The summed E-state index contributed by atoms with van der Waals surface area (Å²) in [5.41, 5.74) is 1.88. The van der Waals surface area contributed by atoms with Crippen LogP contribution < -0.4 is 5.32 Å². The molecule has 0 aromatic heterocycles. The Morgan fingerprint density at radius 2 is 1.89 bits per heavy atom. The molecule has 1 amide bonds. The SMILES string of the molecule is CC1CC(C#N)(C(=O)NC2Cc3ccccc3C2)C1. The van der Waals surface area contributed by atoms with Crippen molar-refractivity contribution in [3.05, 3.63) is 35.4 Å². The fraction of sp³-hybridized carbons (Fsp3) is 0.500. The van der Waals surface area contributed by atoms with Crippen LogP contribution in [0.1, 0.15) is 30.9 Å². The van der Waals surface area contributed by atoms with E-state index in [9.17, 15) is 10.1 Å². The van der Waals surface area contributed by atoms with Crippen molar-refractivity contribution in [3.63, 3.8) is 0 Å². The van der Waals surface area contributed by atoms with Crippen LogP contribution in [0.3, 0.4) is 0 Å². The molecule has 2 aliphatic carbocycles. The first-order valence-electron chi connectivity index (χ1n) is 6.92. The average Bonchev–Trinajstić information content (AvgIpc) is 2.76. The first-order valence-corrected chi connectivity index (χ1v) is 6.92. The smallest absolute Gasteiger partial charge is 0.240 e. The molecule has 1 aromatic carbocycles. The molecule has 0 aliphatic heterocycles. The third-order valence-electron chi connectivity index (χ3n) is 4.43. The Balaban J connectivity index is 1.65. The lowest BCUT2D eigenvalue weighted by Gasteiger charge is -2.39. The number of nitrogens with zero attached hydrogens (tertiary/aromatic N) is 1. The van der Waals surface area contributed by atoms with Gasteiger partial charge in [0, 0.05) is 6.04 Å². The van der Waals surface area contributed by atoms with E-state index >= 15 is 0 Å². The number of fused-ring (bicyclic) bond motifs is 1. The van der Waals surface area contributed by atoms with Gasteiger partial charge in [-0.3, -0.25) is 4.79 Å². The number of benzene rings is 1. The summed E-state index contributed by atoms with van der Waals surface area (Å²) in [6.45, 7) is 2.09. The van der Waals surface area contributed by atoms with E-state index in [4.69, 9.17) is 0 Å². The van der Waals surface area contributed by atoms with Gasteiger partial charge < -0.3 is 5.32 Å². The Bertz CT molecular complexity index is 527. The van der Waals surface area contributed by atoms with Gasteiger partial charge in [0.25, 0.3) is 0 Å². The summed E-state index contributed by atoms with van der Waals surface area (Å²) >= 11 is 0. The highest BCUT2D eigenvalue weighted by Gasteiger charge is 2.49. The number of carbonyl (C=O) groups excluding carboxylic acids is 1. The second-order valence-electron chi connectivity index (χ2n) is 6.05. The van der Waals surface area contributed by atoms with E-state index in [1.807, 2.05) is 12.1 Å². The molecule has 3 heteroatoms. The molecule has 1 saturated carbocycles. The Hall–Kier alpha value is -1.82. The van der Waals surface area contributed by atoms with Crippen molar-refractivity contribution in [2.45, 2.75) is 38.6 Å². The summed E-state index contributed by atoms with van der Waals surface area (Å²) < 4.78 is 0. The number of nitrogens with one attached hydrogen (secondary N) is 1. The van der Waals surface area contributed by atoms with E-state index in [2.05, 4.69) is 30.4 Å². The maximum atomic E-state index is 12.3. The molecular weight excluding hydrogens is 236 g/mol. The minimum Gasteiger partial charge on any atom is -0.351 e. The van der Waals surface area contributed by atoms with Gasteiger partial charge in [-0.25, -0.2) is 0 Å². The largest absolute Gasteiger partial charge is 0.351 e. The zero-order chi connectivity index (χ0) is 13.5. The van der Waals surface area contributed by atoms with Crippen molar-refractivity contribution in [2.24, 2.45) is 11.3 Å². The van der Waals surface area contributed by atoms with Gasteiger partial charge in [-0.1, -0.05) is 31.2 Å². The Labute approximate surface area is 113 Å². The Morgan fingerprint density at radius 1 is 1.32 bits per heavy atom. The monoisotopic (exact) mass is 254 g/mol. The van der Waals surface area contributed by atoms with Gasteiger partial charge in [0.15, 0.2) is 0 Å². The first kappa shape index (κ1) is 12.2. The van der Waals surface area contributed by atoms with E-state index in [0.717, 1.165) is 12.8 Å². The van der Waals surface area contributed by atoms with Crippen molar-refractivity contribution >= 4 is 5.91 Å². The molecule has 2 aliphatic rings. The Kier molecular flexibility index (Phi) is 2.82. The molecule has 1 aromatic rings. The molecule has 0 radical (unpaired) electrons. The van der Waals surface area contributed by atoms with Gasteiger partial charge in [0.2, 0.25) is 5.91 Å². The van der Waals surface area contributed by atoms with Crippen LogP contribution in [0.5, 0.6) is 0 Å². The first-order chi connectivity index (χ1) is 9.13. The molecule has 0 bridgehead atoms. The zero-order valence-corrected chi connectivity index (χ0v) is 11.1. The van der Waals surface area contributed by atoms with Crippen LogP contribution in [0.4, 0.5) is 0 Å². The molecular formula is C16H18N2O. The maximum Gasteiger partial charge on any atom is 0.240 e. The molecule has 0 unspecified atom stereocenters. The highest BCUT2D eigenvalue weighted by Crippen LogP contribution is 2.45. The lowest BCUT2D eigenvalue weighted by atomic mass is 9.63. The molecule has 1 fully saturated rings. The molecule has 3 nitrogen and oxygen atoms in total. The van der Waals surface area contributed by atoms with Crippen LogP contribution in [-0.4, -0.2) is 11.9 Å². The average molecular weight is 254 g/mol. The van der Waals surface area contributed by atoms with Crippen LogP contribution in [0.25, 0.3) is 0 Å². The summed E-state index contributed by atoms with van der Waals surface area (Å²) in [5.74, 6) is 0.428. The van der Waals surface area contributed by atoms with Gasteiger partial charge in [-0.15, -0.1) is 0 Å². The summed E-state index contributed by atoms with van der Waals surface area (Å²) in [6, 6.07) is 10.7. The maximum absolute atomic E-state index is 12.3. The van der Waals surface area contributed by atoms with E-state index in [1.165, 1.54) is 11.1 Å². The van der Waals surface area contributed by atoms with Crippen LogP contribution >= 0.6 is 0 Å². The number of hydrogen-bond acceptors (Lipinski definition) is 2. The van der Waals surface area contributed by atoms with E-state index in [1.54, 1.807) is 0 Å². The standard InChI is InChI=1S/C16H18N2O/c1-11-8-16(9-11,10-17)15(19)18-14-6-12-4-2-3-5-13(12)7-14/h2-5,11,14H,6-9H2,1H3,(H,18,19). The van der Waals surface area contributed by atoms with Crippen molar-refractivity contribution in [3.8, 4) is 6.07 Å². The van der Waals surface area contributed by atoms with Crippen molar-refractivity contribution in [2.75, 3.05) is 0 Å². The van der Waals surface area contributed by atoms with Gasteiger partial charge in [0.1, 0.15) is 5.41 Å². The lowest BCUT2D eigenvalue weighted by molar-refractivity contribution is -0.134. The van der Waals surface area contributed by atoms with Crippen molar-refractivity contribution in [1.29, 1.82) is 5.26 Å². The van der Waals surface area contributed by atoms with E-state index in [0.29, 0.717) is 18.8 Å². The molecule has 98 valence electrons. The molecule has 0 heterocycles. The fourth-order valence-corrected chi connectivity index (χ4v) is 3.44. The molecule has 0 atom stereocenters. The van der Waals surface area contributed by atoms with Gasteiger partial charge in [-0.2, -0.15) is 5.26 Å². The van der Waals surface area contributed by atoms with Crippen LogP contribution in [0.15, 0.2) is 24.3 Å². The molecule has 0 saturated heterocycles. The topological polar surface area (TPSA) is 52.9 Å². The van der Waals surface area contributed by atoms with Gasteiger partial charge >= 0.3 is 0 Å². The highest BCUT2D eigenvalue weighted by atomic mass is 16.2. The van der Waals surface area contributed by atoms with Crippen LogP contribution in [-0.2, 0) is 17.6 Å². The second kappa shape index (κ2) is 4.38. The second-order valence-corrected chi connectivity index (χ2v) is 6.05. The van der Waals surface area contributed by atoms with E-state index in [-0.39, 0.29) is 11.9 Å².